The van der Waals surface area contributed by atoms with E-state index in [0.29, 0.717) is 10.0 Å². The molecule has 18 heavy (non-hydrogen) atoms. The highest BCUT2D eigenvalue weighted by atomic mass is 79.9. The molecule has 2 rings (SSSR count). The van der Waals surface area contributed by atoms with Crippen LogP contribution in [0, 0.1) is 0 Å². The van der Waals surface area contributed by atoms with Gasteiger partial charge in [-0.3, -0.25) is 4.79 Å². The first-order valence-corrected chi connectivity index (χ1v) is 6.66. The minimum absolute atomic E-state index is 0.263. The van der Waals surface area contributed by atoms with Crippen molar-refractivity contribution in [1.82, 2.24) is 4.90 Å². The maximum absolute atomic E-state index is 12.3. The van der Waals surface area contributed by atoms with Crippen molar-refractivity contribution < 1.29 is 14.7 Å². The number of carbonyl (C=O) groups is 2. The van der Waals surface area contributed by atoms with Crippen LogP contribution in [0.5, 0.6) is 0 Å². The van der Waals surface area contributed by atoms with Crippen LogP contribution in [0.15, 0.2) is 28.7 Å². The van der Waals surface area contributed by atoms with Crippen LogP contribution in [-0.4, -0.2) is 39.8 Å². The number of hydrogen-bond acceptors (Lipinski definition) is 2. The lowest BCUT2D eigenvalue weighted by molar-refractivity contribution is -0.141. The number of carboxylic acids is 1. The van der Waals surface area contributed by atoms with Gasteiger partial charge in [0.25, 0.3) is 5.91 Å². The lowest BCUT2D eigenvalue weighted by Crippen LogP contribution is -2.40. The first-order valence-electron chi connectivity index (χ1n) is 5.43. The summed E-state index contributed by atoms with van der Waals surface area (Å²) in [7, 11) is 0. The molecule has 0 radical (unpaired) electrons. The van der Waals surface area contributed by atoms with Gasteiger partial charge >= 0.3 is 5.97 Å². The van der Waals surface area contributed by atoms with Gasteiger partial charge in [-0.15, -0.1) is 11.6 Å². The standard InChI is InChI=1S/C12H11BrClNO3/c13-9-4-2-1-3-8(9)11(16)15-6-7(14)5-10(15)12(17)18/h1-4,7,10H,5-6H2,(H,17,18)/t7-,10+/m1/s1. The Kier molecular flexibility index (Phi) is 3.92. The molecule has 96 valence electrons. The summed E-state index contributed by atoms with van der Waals surface area (Å²) in [5.74, 6) is -1.32. The highest BCUT2D eigenvalue weighted by molar-refractivity contribution is 9.10. The molecule has 1 aromatic rings. The Hall–Kier alpha value is -1.07. The average molecular weight is 333 g/mol. The van der Waals surface area contributed by atoms with Gasteiger partial charge in [0, 0.05) is 11.0 Å². The number of benzene rings is 1. The highest BCUT2D eigenvalue weighted by Gasteiger charge is 2.39. The van der Waals surface area contributed by atoms with Crippen LogP contribution in [0.1, 0.15) is 16.8 Å². The topological polar surface area (TPSA) is 57.6 Å². The molecule has 0 saturated carbocycles. The molecule has 0 unspecified atom stereocenters. The van der Waals surface area contributed by atoms with Gasteiger partial charge in [0.2, 0.25) is 0 Å². The van der Waals surface area contributed by atoms with Crippen molar-refractivity contribution in [2.45, 2.75) is 17.8 Å². The largest absolute Gasteiger partial charge is 0.480 e. The molecule has 2 atom stereocenters. The molecule has 1 N–H and O–H groups in total. The van der Waals surface area contributed by atoms with Crippen molar-refractivity contribution in [3.8, 4) is 0 Å². The summed E-state index contributed by atoms with van der Waals surface area (Å²) in [5.41, 5.74) is 0.453. The summed E-state index contributed by atoms with van der Waals surface area (Å²) in [6.45, 7) is 0.263. The van der Waals surface area contributed by atoms with E-state index in [1.165, 1.54) is 4.90 Å². The zero-order valence-corrected chi connectivity index (χ0v) is 11.7. The maximum atomic E-state index is 12.3. The third-order valence-electron chi connectivity index (χ3n) is 2.90. The molecule has 0 aromatic heterocycles. The van der Waals surface area contributed by atoms with Gasteiger partial charge < -0.3 is 10.0 Å². The lowest BCUT2D eigenvalue weighted by atomic mass is 10.1. The summed E-state index contributed by atoms with van der Waals surface area (Å²) in [5, 5.41) is 8.79. The maximum Gasteiger partial charge on any atom is 0.326 e. The Morgan fingerprint density at radius 1 is 1.39 bits per heavy atom. The minimum Gasteiger partial charge on any atom is -0.480 e. The summed E-state index contributed by atoms with van der Waals surface area (Å²) in [6, 6.07) is 6.10. The molecule has 0 spiro atoms. The van der Waals surface area contributed by atoms with Crippen LogP contribution in [0.3, 0.4) is 0 Å². The van der Waals surface area contributed by atoms with Crippen molar-refractivity contribution in [2.75, 3.05) is 6.54 Å². The van der Waals surface area contributed by atoms with Crippen molar-refractivity contribution in [1.29, 1.82) is 0 Å². The zero-order chi connectivity index (χ0) is 13.3. The molecule has 6 heteroatoms. The molecular weight excluding hydrogens is 321 g/mol. The number of aliphatic carboxylic acids is 1. The predicted molar refractivity (Wildman–Crippen MR) is 70.9 cm³/mol. The quantitative estimate of drug-likeness (QED) is 0.846. The molecule has 4 nitrogen and oxygen atoms in total. The Bertz CT molecular complexity index is 494. The molecule has 1 saturated heterocycles. The fraction of sp³-hybridized carbons (Fsp3) is 0.333. The van der Waals surface area contributed by atoms with Crippen molar-refractivity contribution in [3.63, 3.8) is 0 Å². The van der Waals surface area contributed by atoms with Crippen LogP contribution >= 0.6 is 27.5 Å². The number of halogens is 2. The van der Waals surface area contributed by atoms with Gasteiger partial charge in [0.05, 0.1) is 10.9 Å². The molecule has 0 bridgehead atoms. The van der Waals surface area contributed by atoms with Crippen LogP contribution in [0.25, 0.3) is 0 Å². The monoisotopic (exact) mass is 331 g/mol. The molecule has 1 amide bonds. The van der Waals surface area contributed by atoms with E-state index >= 15 is 0 Å². The number of carboxylic acid groups (broad SMARTS) is 1. The Morgan fingerprint density at radius 2 is 2.06 bits per heavy atom. The van der Waals surface area contributed by atoms with Crippen LogP contribution in [-0.2, 0) is 4.79 Å². The third kappa shape index (κ3) is 2.52. The fourth-order valence-electron chi connectivity index (χ4n) is 2.03. The number of likely N-dealkylation sites (tertiary alicyclic amines) is 1. The van der Waals surface area contributed by atoms with Gasteiger partial charge in [-0.25, -0.2) is 4.79 Å². The zero-order valence-electron chi connectivity index (χ0n) is 9.35. The van der Waals surface area contributed by atoms with Crippen LogP contribution in [0.4, 0.5) is 0 Å². The second-order valence-electron chi connectivity index (χ2n) is 4.12. The summed E-state index contributed by atoms with van der Waals surface area (Å²) in [4.78, 5) is 24.7. The molecule has 0 aliphatic carbocycles. The molecule has 1 heterocycles. The van der Waals surface area contributed by atoms with Crippen molar-refractivity contribution in [2.24, 2.45) is 0 Å². The third-order valence-corrected chi connectivity index (χ3v) is 3.91. The average Bonchev–Trinajstić information content (AvgIpc) is 2.71. The van der Waals surface area contributed by atoms with E-state index in [0.717, 1.165) is 0 Å². The second-order valence-corrected chi connectivity index (χ2v) is 5.60. The van der Waals surface area contributed by atoms with E-state index < -0.39 is 12.0 Å². The van der Waals surface area contributed by atoms with E-state index in [2.05, 4.69) is 15.9 Å². The fourth-order valence-corrected chi connectivity index (χ4v) is 2.80. The van der Waals surface area contributed by atoms with Gasteiger partial charge in [-0.05, 0) is 34.5 Å². The minimum atomic E-state index is -1.02. The van der Waals surface area contributed by atoms with E-state index in [-0.39, 0.29) is 24.2 Å². The summed E-state index contributed by atoms with van der Waals surface area (Å²) < 4.78 is 0.650. The molecule has 1 aromatic carbocycles. The van der Waals surface area contributed by atoms with E-state index in [4.69, 9.17) is 16.7 Å². The number of alkyl halides is 1. The van der Waals surface area contributed by atoms with Crippen molar-refractivity contribution in [3.05, 3.63) is 34.3 Å². The van der Waals surface area contributed by atoms with Crippen LogP contribution in [0.2, 0.25) is 0 Å². The van der Waals surface area contributed by atoms with Crippen LogP contribution < -0.4 is 0 Å². The molecular formula is C12H11BrClNO3. The first-order chi connectivity index (χ1) is 8.50. The highest BCUT2D eigenvalue weighted by Crippen LogP contribution is 2.26. The SMILES string of the molecule is O=C(O)[C@@H]1C[C@@H](Cl)CN1C(=O)c1ccccc1Br. The van der Waals surface area contributed by atoms with Gasteiger partial charge in [-0.1, -0.05) is 12.1 Å². The molecule has 1 aliphatic heterocycles. The number of nitrogens with zero attached hydrogens (tertiary/aromatic N) is 1. The van der Waals surface area contributed by atoms with Gasteiger partial charge in [0.1, 0.15) is 6.04 Å². The van der Waals surface area contributed by atoms with E-state index in [1.807, 2.05) is 0 Å². The lowest BCUT2D eigenvalue weighted by Gasteiger charge is -2.21. The smallest absolute Gasteiger partial charge is 0.326 e. The normalized spacial score (nSPS) is 23.1. The summed E-state index contributed by atoms with van der Waals surface area (Å²) in [6.07, 6.45) is 0.285. The molecule has 1 aliphatic rings. The van der Waals surface area contributed by atoms with Gasteiger partial charge in [0.15, 0.2) is 0 Å². The number of carbonyl (C=O) groups excluding carboxylic acids is 1. The Balaban J connectivity index is 2.28. The number of rotatable bonds is 2. The molecule has 1 fully saturated rings. The van der Waals surface area contributed by atoms with Crippen molar-refractivity contribution >= 4 is 39.4 Å². The first kappa shape index (κ1) is 13.4. The predicted octanol–water partition coefficient (Wildman–Crippen LogP) is 2.36. The summed E-state index contributed by atoms with van der Waals surface area (Å²) >= 11 is 9.24. The number of amides is 1. The van der Waals surface area contributed by atoms with E-state index in [1.54, 1.807) is 24.3 Å². The Morgan fingerprint density at radius 3 is 2.67 bits per heavy atom. The van der Waals surface area contributed by atoms with E-state index in [9.17, 15) is 9.59 Å². The number of hydrogen-bond donors (Lipinski definition) is 1. The Labute approximate surface area is 118 Å². The second kappa shape index (κ2) is 5.28. The van der Waals surface area contributed by atoms with Gasteiger partial charge in [-0.2, -0.15) is 0 Å².